The molecule has 0 aliphatic carbocycles. The van der Waals surface area contributed by atoms with E-state index in [-0.39, 0.29) is 11.8 Å². The van der Waals surface area contributed by atoms with Crippen LogP contribution in [0.2, 0.25) is 0 Å². The van der Waals surface area contributed by atoms with Crippen LogP contribution in [-0.2, 0) is 4.79 Å². The van der Waals surface area contributed by atoms with Crippen LogP contribution in [0.5, 0.6) is 11.5 Å². The third kappa shape index (κ3) is 5.32. The maximum atomic E-state index is 13.1. The van der Waals surface area contributed by atoms with Crippen molar-refractivity contribution in [3.63, 3.8) is 0 Å². The quantitative estimate of drug-likeness (QED) is 0.729. The molecular weight excluding hydrogens is 380 g/mol. The Bertz CT molecular complexity index is 860. The van der Waals surface area contributed by atoms with Crippen LogP contribution >= 0.6 is 0 Å². The average Bonchev–Trinajstić information content (AvgIpc) is 3.07. The molecule has 0 spiro atoms. The van der Waals surface area contributed by atoms with Gasteiger partial charge < -0.3 is 19.7 Å². The minimum Gasteiger partial charge on any atom is -0.493 e. The van der Waals surface area contributed by atoms with E-state index in [4.69, 9.17) is 9.47 Å². The lowest BCUT2D eigenvalue weighted by molar-refractivity contribution is -0.122. The van der Waals surface area contributed by atoms with Gasteiger partial charge in [-0.1, -0.05) is 44.0 Å². The number of rotatable bonds is 7. The fourth-order valence-electron chi connectivity index (χ4n) is 3.63. The number of hydrogen-bond donors (Lipinski definition) is 1. The average molecular weight is 411 g/mol. The molecule has 1 atom stereocenters. The molecule has 6 nitrogen and oxygen atoms in total. The molecule has 1 fully saturated rings. The zero-order valence-corrected chi connectivity index (χ0v) is 17.7. The predicted octanol–water partition coefficient (Wildman–Crippen LogP) is 4.51. The van der Waals surface area contributed by atoms with Crippen molar-refractivity contribution in [2.45, 2.75) is 45.1 Å². The summed E-state index contributed by atoms with van der Waals surface area (Å²) in [6.07, 6.45) is 4.12. The number of carbonyl (C=O) groups is 2. The first kappa shape index (κ1) is 21.7. The number of carbonyl (C=O) groups excluding carboxylic acids is 2. The Balaban J connectivity index is 1.74. The molecule has 1 saturated heterocycles. The predicted molar refractivity (Wildman–Crippen MR) is 117 cm³/mol. The lowest BCUT2D eigenvalue weighted by Crippen LogP contribution is -2.35. The van der Waals surface area contributed by atoms with E-state index in [0.717, 1.165) is 38.8 Å². The van der Waals surface area contributed by atoms with Gasteiger partial charge in [0, 0.05) is 13.1 Å². The van der Waals surface area contributed by atoms with Crippen molar-refractivity contribution in [2.75, 3.05) is 25.5 Å². The van der Waals surface area contributed by atoms with Gasteiger partial charge in [0.25, 0.3) is 11.8 Å². The second kappa shape index (κ2) is 10.7. The van der Waals surface area contributed by atoms with Crippen molar-refractivity contribution >= 4 is 17.5 Å². The van der Waals surface area contributed by atoms with Crippen LogP contribution in [0.3, 0.4) is 0 Å². The second-order valence-corrected chi connectivity index (χ2v) is 7.41. The molecule has 1 aliphatic heterocycles. The summed E-state index contributed by atoms with van der Waals surface area (Å²) in [5.41, 5.74) is 1.03. The monoisotopic (exact) mass is 410 g/mol. The third-order valence-corrected chi connectivity index (χ3v) is 5.31. The van der Waals surface area contributed by atoms with Crippen LogP contribution in [-0.4, -0.2) is 43.0 Å². The van der Waals surface area contributed by atoms with Crippen LogP contribution in [0.25, 0.3) is 0 Å². The van der Waals surface area contributed by atoms with Crippen molar-refractivity contribution in [1.82, 2.24) is 4.90 Å². The van der Waals surface area contributed by atoms with E-state index < -0.39 is 6.10 Å². The van der Waals surface area contributed by atoms with Gasteiger partial charge in [-0.2, -0.15) is 0 Å². The molecule has 0 aromatic heterocycles. The van der Waals surface area contributed by atoms with E-state index >= 15 is 0 Å². The number of ether oxygens (including phenoxy) is 2. The van der Waals surface area contributed by atoms with Gasteiger partial charge in [-0.3, -0.25) is 9.59 Å². The Labute approximate surface area is 178 Å². The van der Waals surface area contributed by atoms with E-state index in [1.807, 2.05) is 36.1 Å². The summed E-state index contributed by atoms with van der Waals surface area (Å²) in [6.45, 7) is 3.40. The summed E-state index contributed by atoms with van der Waals surface area (Å²) < 4.78 is 11.2. The molecule has 0 unspecified atom stereocenters. The van der Waals surface area contributed by atoms with Gasteiger partial charge in [0.2, 0.25) is 0 Å². The smallest absolute Gasteiger partial charge is 0.265 e. The van der Waals surface area contributed by atoms with E-state index in [0.29, 0.717) is 29.2 Å². The highest BCUT2D eigenvalue weighted by Gasteiger charge is 2.24. The third-order valence-electron chi connectivity index (χ3n) is 5.31. The van der Waals surface area contributed by atoms with E-state index in [1.165, 1.54) is 0 Å². The summed E-state index contributed by atoms with van der Waals surface area (Å²) in [5.74, 6) is 0.752. The molecule has 0 saturated carbocycles. The second-order valence-electron chi connectivity index (χ2n) is 7.41. The number of amides is 2. The number of nitrogens with one attached hydrogen (secondary N) is 1. The number of nitrogens with zero attached hydrogens (tertiary/aromatic N) is 1. The molecular formula is C24H30N2O4. The summed E-state index contributed by atoms with van der Waals surface area (Å²) in [6, 6.07) is 14.4. The van der Waals surface area contributed by atoms with Crippen LogP contribution < -0.4 is 14.8 Å². The minimum atomic E-state index is -0.706. The molecule has 0 radical (unpaired) electrons. The summed E-state index contributed by atoms with van der Waals surface area (Å²) in [7, 11) is 1.56. The van der Waals surface area contributed by atoms with Gasteiger partial charge in [-0.15, -0.1) is 0 Å². The number of benzene rings is 2. The van der Waals surface area contributed by atoms with Crippen molar-refractivity contribution in [2.24, 2.45) is 0 Å². The van der Waals surface area contributed by atoms with Crippen molar-refractivity contribution in [3.05, 3.63) is 54.1 Å². The molecule has 0 bridgehead atoms. The van der Waals surface area contributed by atoms with Gasteiger partial charge >= 0.3 is 0 Å². The fraction of sp³-hybridized carbons (Fsp3) is 0.417. The molecule has 2 aromatic rings. The fourth-order valence-corrected chi connectivity index (χ4v) is 3.63. The summed E-state index contributed by atoms with van der Waals surface area (Å²) in [5, 5.41) is 2.90. The van der Waals surface area contributed by atoms with Gasteiger partial charge in [-0.25, -0.2) is 0 Å². The van der Waals surface area contributed by atoms with Crippen LogP contribution in [0.4, 0.5) is 5.69 Å². The molecule has 160 valence electrons. The minimum absolute atomic E-state index is 0.0357. The topological polar surface area (TPSA) is 67.9 Å². The number of para-hydroxylation sites is 3. The molecule has 6 heteroatoms. The first-order valence-electron chi connectivity index (χ1n) is 10.6. The lowest BCUT2D eigenvalue weighted by Gasteiger charge is -2.23. The highest BCUT2D eigenvalue weighted by molar-refractivity contribution is 6.04. The van der Waals surface area contributed by atoms with E-state index in [1.54, 1.807) is 31.4 Å². The first-order chi connectivity index (χ1) is 14.6. The molecule has 1 aliphatic rings. The summed E-state index contributed by atoms with van der Waals surface area (Å²) in [4.78, 5) is 27.9. The number of likely N-dealkylation sites (tertiary alicyclic amines) is 1. The maximum absolute atomic E-state index is 13.1. The molecule has 2 aromatic carbocycles. The Hall–Kier alpha value is -3.02. The SMILES string of the molecule is CC[C@H](Oc1ccccc1OC)C(=O)Nc1ccccc1C(=O)N1CCCCCC1. The Kier molecular flexibility index (Phi) is 7.71. The highest BCUT2D eigenvalue weighted by atomic mass is 16.5. The maximum Gasteiger partial charge on any atom is 0.265 e. The Morgan fingerprint density at radius 1 is 0.967 bits per heavy atom. The molecule has 3 rings (SSSR count). The summed E-state index contributed by atoms with van der Waals surface area (Å²) >= 11 is 0. The molecule has 2 amide bonds. The number of anilines is 1. The normalized spacial score (nSPS) is 15.1. The Morgan fingerprint density at radius 3 is 2.27 bits per heavy atom. The zero-order chi connectivity index (χ0) is 21.3. The van der Waals surface area contributed by atoms with Gasteiger partial charge in [-0.05, 0) is 43.5 Å². The van der Waals surface area contributed by atoms with Crippen molar-refractivity contribution < 1.29 is 19.1 Å². The van der Waals surface area contributed by atoms with Crippen LogP contribution in [0.15, 0.2) is 48.5 Å². The van der Waals surface area contributed by atoms with Gasteiger partial charge in [0.05, 0.1) is 18.4 Å². The van der Waals surface area contributed by atoms with E-state index in [9.17, 15) is 9.59 Å². The highest BCUT2D eigenvalue weighted by Crippen LogP contribution is 2.28. The molecule has 1 N–H and O–H groups in total. The van der Waals surface area contributed by atoms with Gasteiger partial charge in [0.15, 0.2) is 17.6 Å². The number of methoxy groups -OCH3 is 1. The van der Waals surface area contributed by atoms with Crippen LogP contribution in [0.1, 0.15) is 49.4 Å². The number of hydrogen-bond acceptors (Lipinski definition) is 4. The van der Waals surface area contributed by atoms with Crippen LogP contribution in [0, 0.1) is 0 Å². The zero-order valence-electron chi connectivity index (χ0n) is 17.7. The Morgan fingerprint density at radius 2 is 1.60 bits per heavy atom. The standard InChI is InChI=1S/C24H30N2O4/c1-3-20(30-22-15-9-8-14-21(22)29-2)23(27)25-19-13-7-6-12-18(19)24(28)26-16-10-4-5-11-17-26/h6-9,12-15,20H,3-5,10-11,16-17H2,1-2H3,(H,25,27)/t20-/m0/s1. The molecule has 1 heterocycles. The van der Waals surface area contributed by atoms with Crippen molar-refractivity contribution in [3.8, 4) is 11.5 Å². The largest absolute Gasteiger partial charge is 0.493 e. The van der Waals surface area contributed by atoms with E-state index in [2.05, 4.69) is 5.32 Å². The first-order valence-corrected chi connectivity index (χ1v) is 10.6. The van der Waals surface area contributed by atoms with Gasteiger partial charge in [0.1, 0.15) is 0 Å². The lowest BCUT2D eigenvalue weighted by atomic mass is 10.1. The molecule has 30 heavy (non-hydrogen) atoms. The van der Waals surface area contributed by atoms with Crippen molar-refractivity contribution in [1.29, 1.82) is 0 Å².